The van der Waals surface area contributed by atoms with Gasteiger partial charge in [0.05, 0.1) is 17.0 Å². The molecule has 8 heteroatoms. The minimum absolute atomic E-state index is 0.0306. The van der Waals surface area contributed by atoms with Gasteiger partial charge in [-0.2, -0.15) is 4.31 Å². The highest BCUT2D eigenvalue weighted by Gasteiger charge is 2.46. The van der Waals surface area contributed by atoms with Gasteiger partial charge < -0.3 is 0 Å². The van der Waals surface area contributed by atoms with Gasteiger partial charge in [-0.3, -0.25) is 9.59 Å². The average molecular weight is 483 g/mol. The minimum Gasteiger partial charge on any atom is -0.274 e. The SMILES string of the molecule is Cc1ccc(S(=O)(=O)N(CCc2cccc(Cl)c2)C2CC(=O)N(c3ccccc3)C2=O)cc1. The first-order chi connectivity index (χ1) is 15.8. The lowest BCUT2D eigenvalue weighted by atomic mass is 10.1. The van der Waals surface area contributed by atoms with Gasteiger partial charge in [0.1, 0.15) is 6.04 Å². The number of hydrogen-bond acceptors (Lipinski definition) is 4. The molecule has 3 aromatic carbocycles. The van der Waals surface area contributed by atoms with E-state index in [9.17, 15) is 18.0 Å². The number of carbonyl (C=O) groups is 2. The quantitative estimate of drug-likeness (QED) is 0.473. The van der Waals surface area contributed by atoms with E-state index in [1.807, 2.05) is 13.0 Å². The van der Waals surface area contributed by atoms with Crippen molar-refractivity contribution in [3.8, 4) is 0 Å². The first-order valence-electron chi connectivity index (χ1n) is 10.5. The van der Waals surface area contributed by atoms with E-state index in [0.29, 0.717) is 17.1 Å². The normalized spacial score (nSPS) is 16.6. The van der Waals surface area contributed by atoms with Crippen molar-refractivity contribution in [1.82, 2.24) is 4.31 Å². The van der Waals surface area contributed by atoms with E-state index in [4.69, 9.17) is 11.6 Å². The summed E-state index contributed by atoms with van der Waals surface area (Å²) in [6, 6.07) is 21.0. The maximum atomic E-state index is 13.6. The van der Waals surface area contributed by atoms with Crippen molar-refractivity contribution in [2.24, 2.45) is 0 Å². The highest BCUT2D eigenvalue weighted by atomic mass is 35.5. The molecular weight excluding hydrogens is 460 g/mol. The summed E-state index contributed by atoms with van der Waals surface area (Å²) in [4.78, 5) is 27.3. The molecule has 1 heterocycles. The van der Waals surface area contributed by atoms with Crippen LogP contribution in [0.2, 0.25) is 5.02 Å². The summed E-state index contributed by atoms with van der Waals surface area (Å²) in [6.07, 6.45) is 0.128. The number of sulfonamides is 1. The second-order valence-electron chi connectivity index (χ2n) is 7.93. The lowest BCUT2D eigenvalue weighted by Crippen LogP contribution is -2.46. The number of amides is 2. The molecule has 1 unspecified atom stereocenters. The van der Waals surface area contributed by atoms with Crippen LogP contribution in [0.3, 0.4) is 0 Å². The molecule has 4 rings (SSSR count). The van der Waals surface area contributed by atoms with Gasteiger partial charge in [0.25, 0.3) is 5.91 Å². The molecule has 6 nitrogen and oxygen atoms in total. The third-order valence-electron chi connectivity index (χ3n) is 5.62. The molecule has 2 amide bonds. The van der Waals surface area contributed by atoms with Gasteiger partial charge in [-0.25, -0.2) is 13.3 Å². The molecule has 0 spiro atoms. The third kappa shape index (κ3) is 4.85. The Labute approximate surface area is 198 Å². The molecule has 1 saturated heterocycles. The predicted octanol–water partition coefficient (Wildman–Crippen LogP) is 4.21. The van der Waals surface area contributed by atoms with Crippen molar-refractivity contribution in [2.75, 3.05) is 11.4 Å². The number of para-hydroxylation sites is 1. The lowest BCUT2D eigenvalue weighted by Gasteiger charge is -2.27. The zero-order valence-electron chi connectivity index (χ0n) is 18.0. The molecule has 0 aliphatic carbocycles. The Bertz CT molecular complexity index is 1280. The van der Waals surface area contributed by atoms with Crippen molar-refractivity contribution in [3.63, 3.8) is 0 Å². The van der Waals surface area contributed by atoms with Crippen molar-refractivity contribution < 1.29 is 18.0 Å². The minimum atomic E-state index is -4.04. The maximum Gasteiger partial charge on any atom is 0.252 e. The van der Waals surface area contributed by atoms with Crippen LogP contribution in [0.15, 0.2) is 83.8 Å². The second-order valence-corrected chi connectivity index (χ2v) is 10.3. The van der Waals surface area contributed by atoms with Crippen molar-refractivity contribution in [3.05, 3.63) is 95.0 Å². The van der Waals surface area contributed by atoms with E-state index < -0.39 is 27.9 Å². The van der Waals surface area contributed by atoms with E-state index in [0.717, 1.165) is 20.3 Å². The molecule has 0 saturated carbocycles. The molecule has 0 bridgehead atoms. The number of rotatable bonds is 7. The van der Waals surface area contributed by atoms with Crippen LogP contribution in [0, 0.1) is 6.92 Å². The molecule has 1 atom stereocenters. The molecule has 0 N–H and O–H groups in total. The van der Waals surface area contributed by atoms with Gasteiger partial charge in [-0.05, 0) is 55.3 Å². The summed E-state index contributed by atoms with van der Waals surface area (Å²) >= 11 is 6.08. The smallest absolute Gasteiger partial charge is 0.252 e. The zero-order chi connectivity index (χ0) is 23.6. The molecule has 3 aromatic rings. The number of nitrogens with zero attached hydrogens (tertiary/aromatic N) is 2. The van der Waals surface area contributed by atoms with Crippen molar-refractivity contribution >= 4 is 39.1 Å². The fraction of sp³-hybridized carbons (Fsp3) is 0.200. The van der Waals surface area contributed by atoms with E-state index in [1.54, 1.807) is 60.7 Å². The molecular formula is C25H23ClN2O4S. The van der Waals surface area contributed by atoms with Crippen LogP contribution < -0.4 is 4.90 Å². The standard InChI is InChI=1S/C25H23ClN2O4S/c1-18-10-12-22(13-11-18)33(31,32)27(15-14-19-6-5-7-20(26)16-19)23-17-24(29)28(25(23)30)21-8-3-2-4-9-21/h2-13,16,23H,14-15,17H2,1H3. The van der Waals surface area contributed by atoms with Crippen LogP contribution in [0.25, 0.3) is 0 Å². The van der Waals surface area contributed by atoms with E-state index in [1.165, 1.54) is 12.1 Å². The second kappa shape index (κ2) is 9.47. The Morgan fingerprint density at radius 2 is 1.67 bits per heavy atom. The van der Waals surface area contributed by atoms with Crippen LogP contribution in [0.4, 0.5) is 5.69 Å². The van der Waals surface area contributed by atoms with Crippen LogP contribution in [0.1, 0.15) is 17.5 Å². The van der Waals surface area contributed by atoms with Gasteiger partial charge >= 0.3 is 0 Å². The third-order valence-corrected chi connectivity index (χ3v) is 7.78. The lowest BCUT2D eigenvalue weighted by molar-refractivity contribution is -0.122. The number of aryl methyl sites for hydroxylation is 1. The van der Waals surface area contributed by atoms with Gasteiger partial charge in [-0.15, -0.1) is 0 Å². The van der Waals surface area contributed by atoms with Gasteiger partial charge in [0.2, 0.25) is 15.9 Å². The average Bonchev–Trinajstić information content (AvgIpc) is 3.08. The zero-order valence-corrected chi connectivity index (χ0v) is 19.6. The highest BCUT2D eigenvalue weighted by Crippen LogP contribution is 2.29. The summed E-state index contributed by atoms with van der Waals surface area (Å²) < 4.78 is 28.4. The van der Waals surface area contributed by atoms with E-state index in [-0.39, 0.29) is 17.9 Å². The molecule has 33 heavy (non-hydrogen) atoms. The number of hydrogen-bond donors (Lipinski definition) is 0. The van der Waals surface area contributed by atoms with Crippen LogP contribution in [-0.4, -0.2) is 37.1 Å². The van der Waals surface area contributed by atoms with E-state index >= 15 is 0 Å². The first-order valence-corrected chi connectivity index (χ1v) is 12.3. The highest BCUT2D eigenvalue weighted by molar-refractivity contribution is 7.89. The van der Waals surface area contributed by atoms with Crippen LogP contribution in [0.5, 0.6) is 0 Å². The fourth-order valence-corrected chi connectivity index (χ4v) is 5.71. The van der Waals surface area contributed by atoms with Gasteiger partial charge in [-0.1, -0.05) is 59.6 Å². The molecule has 1 aliphatic rings. The molecule has 0 aromatic heterocycles. The molecule has 1 fully saturated rings. The Morgan fingerprint density at radius 1 is 0.970 bits per heavy atom. The van der Waals surface area contributed by atoms with E-state index in [2.05, 4.69) is 0 Å². The summed E-state index contributed by atoms with van der Waals surface area (Å²) in [5, 5.41) is 0.544. The largest absolute Gasteiger partial charge is 0.274 e. The molecule has 1 aliphatic heterocycles. The Morgan fingerprint density at radius 3 is 2.33 bits per heavy atom. The number of anilines is 1. The van der Waals surface area contributed by atoms with Crippen molar-refractivity contribution in [2.45, 2.75) is 30.7 Å². The number of halogens is 1. The summed E-state index contributed by atoms with van der Waals surface area (Å²) in [7, 11) is -4.04. The Hall–Kier alpha value is -3.00. The molecule has 0 radical (unpaired) electrons. The topological polar surface area (TPSA) is 74.8 Å². The predicted molar refractivity (Wildman–Crippen MR) is 128 cm³/mol. The summed E-state index contributed by atoms with van der Waals surface area (Å²) in [6.45, 7) is 1.90. The first kappa shape index (κ1) is 23.2. The Kier molecular flexibility index (Phi) is 6.65. The Balaban J connectivity index is 1.70. The summed E-state index contributed by atoms with van der Waals surface area (Å²) in [5.41, 5.74) is 2.18. The summed E-state index contributed by atoms with van der Waals surface area (Å²) in [5.74, 6) is -0.976. The fourth-order valence-electron chi connectivity index (χ4n) is 3.91. The van der Waals surface area contributed by atoms with Gasteiger partial charge in [0.15, 0.2) is 0 Å². The van der Waals surface area contributed by atoms with Crippen LogP contribution in [-0.2, 0) is 26.0 Å². The molecule has 170 valence electrons. The maximum absolute atomic E-state index is 13.6. The van der Waals surface area contributed by atoms with Gasteiger partial charge in [0, 0.05) is 11.6 Å². The van der Waals surface area contributed by atoms with Crippen LogP contribution >= 0.6 is 11.6 Å². The number of imide groups is 1. The van der Waals surface area contributed by atoms with Crippen molar-refractivity contribution in [1.29, 1.82) is 0 Å². The number of benzene rings is 3. The number of carbonyl (C=O) groups excluding carboxylic acids is 2. The monoisotopic (exact) mass is 482 g/mol.